The average molecular weight is 288 g/mol. The van der Waals surface area contributed by atoms with Crippen LogP contribution in [0, 0.1) is 0 Å². The van der Waals surface area contributed by atoms with E-state index in [4.69, 9.17) is 4.74 Å². The first-order chi connectivity index (χ1) is 8.40. The quantitative estimate of drug-likeness (QED) is 0.789. The van der Waals surface area contributed by atoms with Crippen LogP contribution < -0.4 is 10.1 Å². The van der Waals surface area contributed by atoms with E-state index in [0.717, 1.165) is 35.6 Å². The van der Waals surface area contributed by atoms with Crippen LogP contribution in [-0.4, -0.2) is 33.1 Å². The van der Waals surface area contributed by atoms with Gasteiger partial charge in [-0.05, 0) is 0 Å². The lowest BCUT2D eigenvalue weighted by atomic mass is 10.6. The van der Waals surface area contributed by atoms with Gasteiger partial charge in [-0.1, -0.05) is 0 Å². The van der Waals surface area contributed by atoms with Crippen LogP contribution in [0.3, 0.4) is 0 Å². The van der Waals surface area contributed by atoms with Gasteiger partial charge in [0.05, 0.1) is 18.8 Å². The molecule has 0 aliphatic rings. The first-order valence-electron chi connectivity index (χ1n) is 4.96. The van der Waals surface area contributed by atoms with Crippen LogP contribution in [0.1, 0.15) is 5.01 Å². The fourth-order valence-corrected chi connectivity index (χ4v) is 3.21. The summed E-state index contributed by atoms with van der Waals surface area (Å²) in [5.41, 5.74) is 0. The topological polar surface area (TPSA) is 59.9 Å². The number of aromatic nitrogens is 3. The minimum Gasteiger partial charge on any atom is -0.478 e. The zero-order valence-corrected chi connectivity index (χ0v) is 11.7. The third-order valence-electron chi connectivity index (χ3n) is 1.90. The SMILES string of the molecule is COc1nsnc1NCCSCc1nccs1. The third kappa shape index (κ3) is 3.83. The lowest BCUT2D eigenvalue weighted by molar-refractivity contribution is 0.403. The summed E-state index contributed by atoms with van der Waals surface area (Å²) in [6.45, 7) is 0.845. The highest BCUT2D eigenvalue weighted by Gasteiger charge is 2.06. The van der Waals surface area contributed by atoms with E-state index in [1.54, 1.807) is 18.4 Å². The molecule has 0 aromatic carbocycles. The number of thioether (sulfide) groups is 1. The maximum Gasteiger partial charge on any atom is 0.270 e. The van der Waals surface area contributed by atoms with E-state index in [-0.39, 0.29) is 0 Å². The molecule has 0 aliphatic carbocycles. The predicted octanol–water partition coefficient (Wildman–Crippen LogP) is 2.35. The summed E-state index contributed by atoms with van der Waals surface area (Å²) < 4.78 is 13.2. The number of nitrogens with zero attached hydrogens (tertiary/aromatic N) is 3. The van der Waals surface area contributed by atoms with Gasteiger partial charge in [-0.25, -0.2) is 4.98 Å². The fourth-order valence-electron chi connectivity index (χ4n) is 1.15. The van der Waals surface area contributed by atoms with Crippen molar-refractivity contribution in [1.29, 1.82) is 0 Å². The predicted molar refractivity (Wildman–Crippen MR) is 73.2 cm³/mol. The van der Waals surface area contributed by atoms with E-state index in [9.17, 15) is 0 Å². The summed E-state index contributed by atoms with van der Waals surface area (Å²) in [6.07, 6.45) is 1.84. The Labute approximate surface area is 112 Å². The van der Waals surface area contributed by atoms with Gasteiger partial charge >= 0.3 is 0 Å². The Morgan fingerprint density at radius 2 is 2.41 bits per heavy atom. The summed E-state index contributed by atoms with van der Waals surface area (Å²) in [4.78, 5) is 4.23. The summed E-state index contributed by atoms with van der Waals surface area (Å²) in [6, 6.07) is 0. The molecule has 0 saturated heterocycles. The number of thiazole rings is 1. The van der Waals surface area contributed by atoms with Crippen LogP contribution in [0.4, 0.5) is 5.82 Å². The summed E-state index contributed by atoms with van der Waals surface area (Å²) in [5, 5.41) is 6.37. The molecule has 92 valence electrons. The lowest BCUT2D eigenvalue weighted by Crippen LogP contribution is -2.05. The van der Waals surface area contributed by atoms with Gasteiger partial charge in [-0.15, -0.1) is 15.7 Å². The summed E-state index contributed by atoms with van der Waals surface area (Å²) >= 11 is 4.69. The molecule has 0 fully saturated rings. The molecule has 0 atom stereocenters. The van der Waals surface area contributed by atoms with Crippen LogP contribution in [-0.2, 0) is 5.75 Å². The van der Waals surface area contributed by atoms with Crippen molar-refractivity contribution in [3.63, 3.8) is 0 Å². The number of ether oxygens (including phenoxy) is 1. The van der Waals surface area contributed by atoms with E-state index >= 15 is 0 Å². The standard InChI is InChI=1S/C9H12N4OS3/c1-14-9-8(12-17-13-9)11-2-4-15-6-7-10-3-5-16-7/h3,5H,2,4,6H2,1H3,(H,11,12). The maximum atomic E-state index is 5.06. The second kappa shape index (κ2) is 6.77. The fraction of sp³-hybridized carbons (Fsp3) is 0.444. The van der Waals surface area contributed by atoms with Crippen molar-refractivity contribution < 1.29 is 4.74 Å². The second-order valence-electron chi connectivity index (χ2n) is 3.03. The molecule has 0 unspecified atom stereocenters. The minimum absolute atomic E-state index is 0.569. The molecule has 2 aromatic rings. The zero-order chi connectivity index (χ0) is 11.9. The Morgan fingerprint density at radius 1 is 1.47 bits per heavy atom. The number of rotatable bonds is 7. The van der Waals surface area contributed by atoms with Crippen molar-refractivity contribution >= 4 is 40.6 Å². The smallest absolute Gasteiger partial charge is 0.270 e. The number of anilines is 1. The maximum absolute atomic E-state index is 5.06. The third-order valence-corrected chi connectivity index (χ3v) is 4.34. The number of hydrogen-bond donors (Lipinski definition) is 1. The Hall–Kier alpha value is -0.860. The minimum atomic E-state index is 0.569. The monoisotopic (exact) mass is 288 g/mol. The molecule has 0 bridgehead atoms. The second-order valence-corrected chi connectivity index (χ2v) is 5.64. The molecule has 0 radical (unpaired) electrons. The molecule has 0 saturated carbocycles. The molecule has 2 aromatic heterocycles. The first-order valence-corrected chi connectivity index (χ1v) is 7.73. The van der Waals surface area contributed by atoms with Crippen LogP contribution in [0.25, 0.3) is 0 Å². The van der Waals surface area contributed by atoms with E-state index in [1.165, 1.54) is 5.01 Å². The van der Waals surface area contributed by atoms with Crippen molar-refractivity contribution in [1.82, 2.24) is 13.7 Å². The molecule has 2 heterocycles. The molecule has 0 spiro atoms. The Morgan fingerprint density at radius 3 is 3.18 bits per heavy atom. The molecule has 0 aliphatic heterocycles. The Bertz CT molecular complexity index is 431. The highest BCUT2D eigenvalue weighted by molar-refractivity contribution is 7.98. The number of hydrogen-bond acceptors (Lipinski definition) is 8. The lowest BCUT2D eigenvalue weighted by Gasteiger charge is -2.03. The van der Waals surface area contributed by atoms with E-state index in [1.807, 2.05) is 23.3 Å². The van der Waals surface area contributed by atoms with Gasteiger partial charge < -0.3 is 10.1 Å². The van der Waals surface area contributed by atoms with Crippen molar-refractivity contribution in [3.8, 4) is 5.88 Å². The highest BCUT2D eigenvalue weighted by atomic mass is 32.2. The van der Waals surface area contributed by atoms with Crippen molar-refractivity contribution in [2.45, 2.75) is 5.75 Å². The van der Waals surface area contributed by atoms with E-state index in [2.05, 4.69) is 19.0 Å². The van der Waals surface area contributed by atoms with Crippen LogP contribution >= 0.6 is 34.8 Å². The van der Waals surface area contributed by atoms with Gasteiger partial charge in [-0.3, -0.25) is 0 Å². The van der Waals surface area contributed by atoms with Crippen LogP contribution in [0.5, 0.6) is 5.88 Å². The molecule has 17 heavy (non-hydrogen) atoms. The summed E-state index contributed by atoms with van der Waals surface area (Å²) in [7, 11) is 1.60. The number of methoxy groups -OCH3 is 1. The van der Waals surface area contributed by atoms with Crippen molar-refractivity contribution in [2.24, 2.45) is 0 Å². The molecule has 1 N–H and O–H groups in total. The molecular formula is C9H12N4OS3. The van der Waals surface area contributed by atoms with E-state index in [0.29, 0.717) is 5.88 Å². The molecule has 5 nitrogen and oxygen atoms in total. The molecular weight excluding hydrogens is 276 g/mol. The number of nitrogens with one attached hydrogen (secondary N) is 1. The normalized spacial score (nSPS) is 10.4. The Balaban J connectivity index is 1.63. The zero-order valence-electron chi connectivity index (χ0n) is 9.25. The molecule has 2 rings (SSSR count). The Kier molecular flexibility index (Phi) is 5.02. The average Bonchev–Trinajstić information content (AvgIpc) is 2.98. The van der Waals surface area contributed by atoms with Crippen LogP contribution in [0.15, 0.2) is 11.6 Å². The summed E-state index contributed by atoms with van der Waals surface area (Å²) in [5.74, 6) is 3.26. The van der Waals surface area contributed by atoms with Crippen LogP contribution in [0.2, 0.25) is 0 Å². The largest absolute Gasteiger partial charge is 0.478 e. The van der Waals surface area contributed by atoms with Gasteiger partial charge in [0.2, 0.25) is 5.82 Å². The van der Waals surface area contributed by atoms with Gasteiger partial charge in [0.15, 0.2) is 0 Å². The molecule has 8 heteroatoms. The highest BCUT2D eigenvalue weighted by Crippen LogP contribution is 2.20. The van der Waals surface area contributed by atoms with E-state index < -0.39 is 0 Å². The van der Waals surface area contributed by atoms with Gasteiger partial charge in [-0.2, -0.15) is 16.1 Å². The van der Waals surface area contributed by atoms with Gasteiger partial charge in [0.25, 0.3) is 5.88 Å². The molecule has 0 amide bonds. The van der Waals surface area contributed by atoms with Gasteiger partial charge in [0, 0.05) is 29.6 Å². The van der Waals surface area contributed by atoms with Crippen molar-refractivity contribution in [2.75, 3.05) is 24.7 Å². The van der Waals surface area contributed by atoms with Gasteiger partial charge in [0.1, 0.15) is 5.01 Å². The first kappa shape index (κ1) is 12.6. The van der Waals surface area contributed by atoms with Crippen molar-refractivity contribution in [3.05, 3.63) is 16.6 Å².